The van der Waals surface area contributed by atoms with Crippen LogP contribution >= 0.6 is 15.9 Å². The first kappa shape index (κ1) is 16.7. The van der Waals surface area contributed by atoms with E-state index in [1.54, 1.807) is 6.92 Å². The summed E-state index contributed by atoms with van der Waals surface area (Å²) in [5, 5.41) is 9.97. The first-order valence-corrected chi connectivity index (χ1v) is 7.78. The highest BCUT2D eigenvalue weighted by molar-refractivity contribution is 9.11. The number of oxime groups is 1. The van der Waals surface area contributed by atoms with Crippen molar-refractivity contribution in [2.45, 2.75) is 32.0 Å². The van der Waals surface area contributed by atoms with Gasteiger partial charge in [-0.3, -0.25) is 4.79 Å². The number of hydrogen-bond donors (Lipinski definition) is 0. The number of benzene rings is 1. The minimum absolute atomic E-state index is 0.193. The lowest BCUT2D eigenvalue weighted by Crippen LogP contribution is -2.50. The molecule has 1 unspecified atom stereocenters. The topological polar surface area (TPSA) is 54.3 Å². The third-order valence-electron chi connectivity index (χ3n) is 3.45. The zero-order chi connectivity index (χ0) is 16.5. The highest BCUT2D eigenvalue weighted by atomic mass is 79.9. The quantitative estimate of drug-likeness (QED) is 0.466. The second-order valence-electron chi connectivity index (χ2n) is 6.17. The molecule has 0 bridgehead atoms. The first-order chi connectivity index (χ1) is 10.2. The molecule has 0 aromatic heterocycles. The maximum atomic E-state index is 13.0. The lowest BCUT2D eigenvalue weighted by molar-refractivity contribution is -0.117. The second kappa shape index (κ2) is 5.83. The molecule has 0 saturated carbocycles. The van der Waals surface area contributed by atoms with E-state index in [2.05, 4.69) is 26.2 Å². The molecule has 2 rings (SSSR count). The summed E-state index contributed by atoms with van der Waals surface area (Å²) in [6.45, 7) is 7.81. The highest BCUT2D eigenvalue weighted by Crippen LogP contribution is 2.40. The highest BCUT2D eigenvalue weighted by Gasteiger charge is 2.55. The van der Waals surface area contributed by atoms with Crippen LogP contribution in [0.15, 0.2) is 40.6 Å². The molecule has 0 spiro atoms. The summed E-state index contributed by atoms with van der Waals surface area (Å²) in [4.78, 5) is 17.9. The molecule has 1 aliphatic heterocycles. The average Bonchev–Trinajstić information content (AvgIpc) is 2.74. The summed E-state index contributed by atoms with van der Waals surface area (Å²) in [5.74, 6) is -0.193. The van der Waals surface area contributed by atoms with Crippen LogP contribution in [0.3, 0.4) is 0 Å². The van der Waals surface area contributed by atoms with Gasteiger partial charge < -0.3 is 4.84 Å². The van der Waals surface area contributed by atoms with Crippen LogP contribution in [-0.4, -0.2) is 28.8 Å². The van der Waals surface area contributed by atoms with Crippen molar-refractivity contribution >= 4 is 38.9 Å². The number of para-hydroxylation sites is 1. The van der Waals surface area contributed by atoms with Gasteiger partial charge in [0.05, 0.1) is 17.1 Å². The summed E-state index contributed by atoms with van der Waals surface area (Å²) in [7, 11) is 1.46. The Balaban J connectivity index is 2.59. The van der Waals surface area contributed by atoms with Crippen LogP contribution in [0.4, 0.5) is 5.69 Å². The third kappa shape index (κ3) is 2.67. The predicted octanol–water partition coefficient (Wildman–Crippen LogP) is 3.59. The summed E-state index contributed by atoms with van der Waals surface area (Å²) in [6, 6.07) is 9.35. The summed E-state index contributed by atoms with van der Waals surface area (Å²) in [5.41, 5.74) is 1.63. The van der Waals surface area contributed by atoms with E-state index < -0.39 is 4.32 Å². The Labute approximate surface area is 139 Å². The second-order valence-corrected chi connectivity index (χ2v) is 7.36. The minimum atomic E-state index is -1.09. The van der Waals surface area contributed by atoms with Crippen molar-refractivity contribution in [1.29, 1.82) is 0 Å². The Kier molecular flexibility index (Phi) is 4.42. The molecule has 6 heteroatoms. The Morgan fingerprint density at radius 3 is 2.41 bits per heavy atom. The maximum Gasteiger partial charge on any atom is 0.276 e. The van der Waals surface area contributed by atoms with Crippen molar-refractivity contribution < 1.29 is 9.63 Å². The SMILES string of the molecule is CON=C(C)C1(Br)C(=O)N(c2ccccc2)N=C1C(C)(C)C. The number of amides is 1. The summed E-state index contributed by atoms with van der Waals surface area (Å²) in [6.07, 6.45) is 0. The molecule has 5 nitrogen and oxygen atoms in total. The molecule has 1 aliphatic rings. The van der Waals surface area contributed by atoms with Crippen LogP contribution in [0.5, 0.6) is 0 Å². The summed E-state index contributed by atoms with van der Waals surface area (Å²) >= 11 is 3.58. The van der Waals surface area contributed by atoms with Crippen molar-refractivity contribution in [3.8, 4) is 0 Å². The molecule has 0 N–H and O–H groups in total. The maximum absolute atomic E-state index is 13.0. The van der Waals surface area contributed by atoms with Gasteiger partial charge in [-0.1, -0.05) is 60.1 Å². The smallest absolute Gasteiger partial charge is 0.276 e. The van der Waals surface area contributed by atoms with E-state index in [0.717, 1.165) is 5.69 Å². The number of anilines is 1. The van der Waals surface area contributed by atoms with Gasteiger partial charge in [-0.05, 0) is 19.1 Å². The molecule has 1 atom stereocenters. The molecule has 0 aliphatic carbocycles. The number of nitrogens with zero attached hydrogens (tertiary/aromatic N) is 3. The van der Waals surface area contributed by atoms with Crippen molar-refractivity contribution in [2.24, 2.45) is 15.7 Å². The average molecular weight is 366 g/mol. The molecule has 1 heterocycles. The van der Waals surface area contributed by atoms with Gasteiger partial charge in [0, 0.05) is 5.41 Å². The fourth-order valence-corrected chi connectivity index (χ4v) is 3.31. The van der Waals surface area contributed by atoms with Gasteiger partial charge in [0.15, 0.2) is 4.32 Å². The number of hydrazone groups is 1. The Morgan fingerprint density at radius 2 is 1.91 bits per heavy atom. The van der Waals surface area contributed by atoms with Crippen LogP contribution in [0.2, 0.25) is 0 Å². The van der Waals surface area contributed by atoms with Gasteiger partial charge in [-0.25, -0.2) is 0 Å². The number of halogens is 1. The van der Waals surface area contributed by atoms with Gasteiger partial charge in [0.2, 0.25) is 0 Å². The van der Waals surface area contributed by atoms with Crippen molar-refractivity contribution in [3.05, 3.63) is 30.3 Å². The number of alkyl halides is 1. The molecule has 0 saturated heterocycles. The Bertz CT molecular complexity index is 635. The van der Waals surface area contributed by atoms with Gasteiger partial charge in [-0.15, -0.1) is 0 Å². The van der Waals surface area contributed by atoms with Gasteiger partial charge in [0.25, 0.3) is 5.91 Å². The van der Waals surface area contributed by atoms with Crippen LogP contribution in [-0.2, 0) is 9.63 Å². The molecule has 118 valence electrons. The minimum Gasteiger partial charge on any atom is -0.399 e. The number of rotatable bonds is 3. The normalized spacial score (nSPS) is 22.8. The van der Waals surface area contributed by atoms with E-state index in [-0.39, 0.29) is 11.3 Å². The van der Waals surface area contributed by atoms with E-state index in [1.807, 2.05) is 51.1 Å². The van der Waals surface area contributed by atoms with Crippen molar-refractivity contribution in [3.63, 3.8) is 0 Å². The number of hydrogen-bond acceptors (Lipinski definition) is 4. The Morgan fingerprint density at radius 1 is 1.32 bits per heavy atom. The standard InChI is InChI=1S/C16H20BrN3O2/c1-11(19-22-5)16(17)13(15(2,3)4)18-20(14(16)21)12-9-7-6-8-10-12/h6-10H,1-5H3. The molecular formula is C16H20BrN3O2. The first-order valence-electron chi connectivity index (χ1n) is 6.99. The predicted molar refractivity (Wildman–Crippen MR) is 92.6 cm³/mol. The monoisotopic (exact) mass is 365 g/mol. The molecule has 22 heavy (non-hydrogen) atoms. The van der Waals surface area contributed by atoms with Crippen LogP contribution in [0, 0.1) is 5.41 Å². The number of carbonyl (C=O) groups excluding carboxylic acids is 1. The van der Waals surface area contributed by atoms with Gasteiger partial charge >= 0.3 is 0 Å². The van der Waals surface area contributed by atoms with E-state index in [4.69, 9.17) is 4.84 Å². The molecule has 1 aromatic carbocycles. The van der Waals surface area contributed by atoms with Crippen molar-refractivity contribution in [2.75, 3.05) is 12.1 Å². The molecule has 1 amide bonds. The van der Waals surface area contributed by atoms with Gasteiger partial charge in [0.1, 0.15) is 7.11 Å². The van der Waals surface area contributed by atoms with Crippen LogP contribution in [0.25, 0.3) is 0 Å². The van der Waals surface area contributed by atoms with Gasteiger partial charge in [-0.2, -0.15) is 10.1 Å². The lowest BCUT2D eigenvalue weighted by atomic mass is 9.80. The zero-order valence-corrected chi connectivity index (χ0v) is 15.0. The zero-order valence-electron chi connectivity index (χ0n) is 13.4. The summed E-state index contributed by atoms with van der Waals surface area (Å²) < 4.78 is -1.09. The molecular weight excluding hydrogens is 346 g/mol. The fraction of sp³-hybridized carbons (Fsp3) is 0.438. The van der Waals surface area contributed by atoms with E-state index >= 15 is 0 Å². The van der Waals surface area contributed by atoms with Crippen LogP contribution < -0.4 is 5.01 Å². The number of carbonyl (C=O) groups is 1. The van der Waals surface area contributed by atoms with E-state index in [9.17, 15) is 4.79 Å². The van der Waals surface area contributed by atoms with Crippen LogP contribution in [0.1, 0.15) is 27.7 Å². The van der Waals surface area contributed by atoms with Crippen molar-refractivity contribution in [1.82, 2.24) is 0 Å². The fourth-order valence-electron chi connectivity index (χ4n) is 2.40. The molecule has 0 fully saturated rings. The Hall–Kier alpha value is -1.69. The third-order valence-corrected chi connectivity index (χ3v) is 4.74. The largest absolute Gasteiger partial charge is 0.399 e. The van der Waals surface area contributed by atoms with E-state index in [1.165, 1.54) is 12.1 Å². The molecule has 0 radical (unpaired) electrons. The lowest BCUT2D eigenvalue weighted by Gasteiger charge is -2.28. The molecule has 1 aromatic rings. The van der Waals surface area contributed by atoms with E-state index in [0.29, 0.717) is 11.4 Å².